The van der Waals surface area contributed by atoms with Crippen LogP contribution in [0.15, 0.2) is 42.5 Å². The van der Waals surface area contributed by atoms with Crippen LogP contribution in [0.5, 0.6) is 5.75 Å². The second-order valence-electron chi connectivity index (χ2n) is 6.55. The highest BCUT2D eigenvalue weighted by Crippen LogP contribution is 2.23. The van der Waals surface area contributed by atoms with Gasteiger partial charge in [-0.1, -0.05) is 41.9 Å². The van der Waals surface area contributed by atoms with Crippen LogP contribution in [0.2, 0.25) is 5.02 Å². The minimum atomic E-state index is -0.807. The first-order valence-electron chi connectivity index (χ1n) is 9.14. The monoisotopic (exact) mass is 417 g/mol. The molecule has 0 saturated heterocycles. The Labute approximate surface area is 174 Å². The molecule has 2 rings (SSSR count). The van der Waals surface area contributed by atoms with E-state index in [0.717, 1.165) is 11.1 Å². The maximum absolute atomic E-state index is 12.1. The third-order valence-corrected chi connectivity index (χ3v) is 4.45. The van der Waals surface area contributed by atoms with Crippen molar-refractivity contribution in [2.24, 2.45) is 0 Å². The Morgan fingerprint density at radius 1 is 0.931 bits per heavy atom. The lowest BCUT2D eigenvalue weighted by molar-refractivity contribution is -0.133. The SMILES string of the molecule is Cc1cccc(C)c1OC(C)C(=O)NNC(=O)CCC(=O)Nc1ccccc1Cl. The Bertz CT molecular complexity index is 881. The number of carbonyl (C=O) groups excluding carboxylic acids is 3. The summed E-state index contributed by atoms with van der Waals surface area (Å²) in [6, 6.07) is 12.5. The van der Waals surface area contributed by atoms with Crippen molar-refractivity contribution in [1.29, 1.82) is 0 Å². The zero-order valence-corrected chi connectivity index (χ0v) is 17.3. The Morgan fingerprint density at radius 2 is 1.55 bits per heavy atom. The van der Waals surface area contributed by atoms with Gasteiger partial charge >= 0.3 is 0 Å². The summed E-state index contributed by atoms with van der Waals surface area (Å²) in [6.07, 6.45) is -0.956. The van der Waals surface area contributed by atoms with E-state index < -0.39 is 17.9 Å². The molecule has 154 valence electrons. The summed E-state index contributed by atoms with van der Waals surface area (Å²) in [4.78, 5) is 36.0. The van der Waals surface area contributed by atoms with Gasteiger partial charge in [0.15, 0.2) is 6.10 Å². The summed E-state index contributed by atoms with van der Waals surface area (Å²) in [5.41, 5.74) is 6.90. The van der Waals surface area contributed by atoms with E-state index in [1.165, 1.54) is 0 Å². The fraction of sp³-hybridized carbons (Fsp3) is 0.286. The number of ether oxygens (including phenoxy) is 1. The average Bonchev–Trinajstić information content (AvgIpc) is 2.69. The number of para-hydroxylation sites is 2. The van der Waals surface area contributed by atoms with Crippen molar-refractivity contribution in [3.63, 3.8) is 0 Å². The number of anilines is 1. The highest BCUT2D eigenvalue weighted by atomic mass is 35.5. The second-order valence-corrected chi connectivity index (χ2v) is 6.95. The van der Waals surface area contributed by atoms with Crippen LogP contribution >= 0.6 is 11.6 Å². The molecule has 29 heavy (non-hydrogen) atoms. The molecule has 0 fully saturated rings. The molecule has 7 nitrogen and oxygen atoms in total. The quantitative estimate of drug-likeness (QED) is 0.602. The number of hydrazine groups is 1. The molecule has 2 aromatic carbocycles. The fourth-order valence-electron chi connectivity index (χ4n) is 2.51. The molecule has 3 amide bonds. The molecule has 8 heteroatoms. The normalized spacial score (nSPS) is 11.3. The molecule has 0 spiro atoms. The fourth-order valence-corrected chi connectivity index (χ4v) is 2.70. The van der Waals surface area contributed by atoms with Crippen LogP contribution in [0.3, 0.4) is 0 Å². The molecule has 3 N–H and O–H groups in total. The van der Waals surface area contributed by atoms with Crippen LogP contribution in [0.1, 0.15) is 30.9 Å². The van der Waals surface area contributed by atoms with Crippen LogP contribution in [0, 0.1) is 13.8 Å². The molecule has 0 radical (unpaired) electrons. The molecule has 1 unspecified atom stereocenters. The van der Waals surface area contributed by atoms with Crippen molar-refractivity contribution in [2.75, 3.05) is 5.32 Å². The van der Waals surface area contributed by atoms with Gasteiger partial charge in [0, 0.05) is 12.8 Å². The molecular formula is C21H24ClN3O4. The van der Waals surface area contributed by atoms with Gasteiger partial charge in [-0.15, -0.1) is 0 Å². The lowest BCUT2D eigenvalue weighted by atomic mass is 10.1. The maximum Gasteiger partial charge on any atom is 0.279 e. The third-order valence-electron chi connectivity index (χ3n) is 4.12. The van der Waals surface area contributed by atoms with Gasteiger partial charge in [0.1, 0.15) is 5.75 Å². The van der Waals surface area contributed by atoms with E-state index in [0.29, 0.717) is 16.5 Å². The van der Waals surface area contributed by atoms with E-state index in [1.54, 1.807) is 31.2 Å². The molecule has 0 aliphatic heterocycles. The standard InChI is InChI=1S/C21H24ClN3O4/c1-13-7-6-8-14(2)20(13)29-15(3)21(28)25-24-19(27)12-11-18(26)23-17-10-5-4-9-16(17)22/h4-10,15H,11-12H2,1-3H3,(H,23,26)(H,24,27)(H,25,28). The number of carbonyl (C=O) groups is 3. The van der Waals surface area contributed by atoms with Crippen LogP contribution in [0.25, 0.3) is 0 Å². The van der Waals surface area contributed by atoms with Crippen molar-refractivity contribution in [3.05, 3.63) is 58.6 Å². The van der Waals surface area contributed by atoms with Gasteiger partial charge in [-0.2, -0.15) is 0 Å². The van der Waals surface area contributed by atoms with Gasteiger partial charge in [0.2, 0.25) is 11.8 Å². The number of halogens is 1. The summed E-state index contributed by atoms with van der Waals surface area (Å²) < 4.78 is 5.71. The van der Waals surface area contributed by atoms with Crippen molar-refractivity contribution in [2.45, 2.75) is 39.7 Å². The lowest BCUT2D eigenvalue weighted by Crippen LogP contribution is -2.47. The van der Waals surface area contributed by atoms with Crippen LogP contribution in [0.4, 0.5) is 5.69 Å². The summed E-state index contributed by atoms with van der Waals surface area (Å²) in [5.74, 6) is -0.711. The van der Waals surface area contributed by atoms with Gasteiger partial charge < -0.3 is 10.1 Å². The van der Waals surface area contributed by atoms with Crippen LogP contribution in [-0.4, -0.2) is 23.8 Å². The largest absolute Gasteiger partial charge is 0.480 e. The van der Waals surface area contributed by atoms with Crippen molar-refractivity contribution in [1.82, 2.24) is 10.9 Å². The van der Waals surface area contributed by atoms with E-state index in [-0.39, 0.29) is 18.7 Å². The van der Waals surface area contributed by atoms with Gasteiger partial charge in [-0.3, -0.25) is 25.2 Å². The first-order chi connectivity index (χ1) is 13.8. The van der Waals surface area contributed by atoms with Crippen molar-refractivity contribution >= 4 is 35.0 Å². The topological polar surface area (TPSA) is 96.5 Å². The number of hydrogen-bond acceptors (Lipinski definition) is 4. The zero-order valence-electron chi connectivity index (χ0n) is 16.5. The minimum Gasteiger partial charge on any atom is -0.480 e. The zero-order chi connectivity index (χ0) is 21.4. The molecule has 0 aliphatic rings. The van der Waals surface area contributed by atoms with Gasteiger partial charge in [-0.05, 0) is 44.0 Å². The van der Waals surface area contributed by atoms with E-state index in [9.17, 15) is 14.4 Å². The van der Waals surface area contributed by atoms with Crippen molar-refractivity contribution < 1.29 is 19.1 Å². The number of aryl methyl sites for hydroxylation is 2. The first kappa shape index (κ1) is 22.2. The molecular weight excluding hydrogens is 394 g/mol. The summed E-state index contributed by atoms with van der Waals surface area (Å²) in [6.45, 7) is 5.37. The minimum absolute atomic E-state index is 0.0542. The second kappa shape index (κ2) is 10.5. The first-order valence-corrected chi connectivity index (χ1v) is 9.51. The average molecular weight is 418 g/mol. The van der Waals surface area contributed by atoms with Gasteiger partial charge in [0.25, 0.3) is 5.91 Å². The molecule has 2 aromatic rings. The maximum atomic E-state index is 12.1. The Hall–Kier alpha value is -3.06. The number of amides is 3. The number of rotatable bonds is 7. The Balaban J connectivity index is 1.74. The predicted octanol–water partition coefficient (Wildman–Crippen LogP) is 3.29. The lowest BCUT2D eigenvalue weighted by Gasteiger charge is -2.18. The van der Waals surface area contributed by atoms with Crippen LogP contribution < -0.4 is 20.9 Å². The highest BCUT2D eigenvalue weighted by molar-refractivity contribution is 6.33. The van der Waals surface area contributed by atoms with Gasteiger partial charge in [-0.25, -0.2) is 0 Å². The molecule has 0 bridgehead atoms. The smallest absolute Gasteiger partial charge is 0.279 e. The van der Waals surface area contributed by atoms with E-state index >= 15 is 0 Å². The predicted molar refractivity (Wildman–Crippen MR) is 112 cm³/mol. The van der Waals surface area contributed by atoms with E-state index in [1.807, 2.05) is 32.0 Å². The number of benzene rings is 2. The highest BCUT2D eigenvalue weighted by Gasteiger charge is 2.17. The molecule has 0 aliphatic carbocycles. The third kappa shape index (κ3) is 6.80. The Morgan fingerprint density at radius 3 is 2.21 bits per heavy atom. The summed E-state index contributed by atoms with van der Waals surface area (Å²) in [5, 5.41) is 3.04. The molecule has 1 atom stereocenters. The Kier molecular flexibility index (Phi) is 8.03. The summed E-state index contributed by atoms with van der Waals surface area (Å²) in [7, 11) is 0. The molecule has 0 aromatic heterocycles. The van der Waals surface area contributed by atoms with Crippen molar-refractivity contribution in [3.8, 4) is 5.75 Å². The van der Waals surface area contributed by atoms with Gasteiger partial charge in [0.05, 0.1) is 10.7 Å². The molecule has 0 heterocycles. The van der Waals surface area contributed by atoms with Crippen LogP contribution in [-0.2, 0) is 14.4 Å². The van der Waals surface area contributed by atoms with E-state index in [2.05, 4.69) is 16.2 Å². The van der Waals surface area contributed by atoms with E-state index in [4.69, 9.17) is 16.3 Å². The number of hydrogen-bond donors (Lipinski definition) is 3. The number of nitrogens with one attached hydrogen (secondary N) is 3. The summed E-state index contributed by atoms with van der Waals surface area (Å²) >= 11 is 5.97. The molecule has 0 saturated carbocycles.